The van der Waals surface area contributed by atoms with Gasteiger partial charge in [-0.1, -0.05) is 20.3 Å². The maximum atomic E-state index is 13.7. The first kappa shape index (κ1) is 25.8. The van der Waals surface area contributed by atoms with Crippen LogP contribution in [0, 0.1) is 17.8 Å². The van der Waals surface area contributed by atoms with Crippen LogP contribution in [0.3, 0.4) is 0 Å². The van der Waals surface area contributed by atoms with Crippen molar-refractivity contribution in [1.82, 2.24) is 4.90 Å². The van der Waals surface area contributed by atoms with Crippen molar-refractivity contribution in [2.45, 2.75) is 52.0 Å². The number of nitrogens with zero attached hydrogens (tertiary/aromatic N) is 1. The van der Waals surface area contributed by atoms with E-state index in [1.807, 2.05) is 14.0 Å². The van der Waals surface area contributed by atoms with Gasteiger partial charge in [-0.3, -0.25) is 19.3 Å². The van der Waals surface area contributed by atoms with E-state index in [-0.39, 0.29) is 35.1 Å². The number of primary amides is 1. The van der Waals surface area contributed by atoms with Gasteiger partial charge in [0.15, 0.2) is 11.6 Å². The maximum absolute atomic E-state index is 13.7. The van der Waals surface area contributed by atoms with Crippen LogP contribution in [0.5, 0.6) is 11.5 Å². The number of fused-ring (bicyclic) bond motifs is 3. The lowest BCUT2D eigenvalue weighted by Gasteiger charge is -2.41. The number of ether oxygens (including phenoxy) is 1. The molecule has 0 fully saturated rings. The first-order valence-corrected chi connectivity index (χ1v) is 12.4. The second kappa shape index (κ2) is 9.61. The summed E-state index contributed by atoms with van der Waals surface area (Å²) in [7, 11) is 3.55. The highest BCUT2D eigenvalue weighted by atomic mass is 16.5. The second-order valence-corrected chi connectivity index (χ2v) is 10.0. The zero-order valence-electron chi connectivity index (χ0n) is 21.1. The molecule has 0 heterocycles. The Balaban J connectivity index is 1.85. The van der Waals surface area contributed by atoms with Gasteiger partial charge in [-0.15, -0.1) is 0 Å². The number of allylic oxidation sites excluding steroid dienone is 3. The Morgan fingerprint density at radius 1 is 1.22 bits per heavy atom. The Kier molecular flexibility index (Phi) is 6.88. The summed E-state index contributed by atoms with van der Waals surface area (Å²) >= 11 is 0. The van der Waals surface area contributed by atoms with Crippen molar-refractivity contribution in [3.8, 4) is 11.5 Å². The number of aliphatic hydroxyl groups is 2. The number of nitrogens with two attached hydrogens (primary N) is 1. The third kappa shape index (κ3) is 3.86. The number of phenols is 1. The van der Waals surface area contributed by atoms with Crippen molar-refractivity contribution in [1.29, 1.82) is 0 Å². The number of rotatable bonds is 7. The van der Waals surface area contributed by atoms with E-state index in [0.29, 0.717) is 24.2 Å². The Bertz CT molecular complexity index is 1200. The number of aromatic hydroxyl groups is 1. The van der Waals surface area contributed by atoms with Crippen LogP contribution < -0.4 is 10.5 Å². The van der Waals surface area contributed by atoms with Crippen LogP contribution >= 0.6 is 0 Å². The van der Waals surface area contributed by atoms with Crippen molar-refractivity contribution in [2.75, 3.05) is 20.7 Å². The van der Waals surface area contributed by atoms with Gasteiger partial charge >= 0.3 is 0 Å². The number of Topliss-reactive ketones (excluding diaryl/α,β-unsaturated/α-hetero) is 2. The van der Waals surface area contributed by atoms with E-state index < -0.39 is 46.6 Å². The summed E-state index contributed by atoms with van der Waals surface area (Å²) in [4.78, 5) is 40.6. The van der Waals surface area contributed by atoms with Crippen molar-refractivity contribution in [3.63, 3.8) is 0 Å². The first-order chi connectivity index (χ1) is 17.1. The summed E-state index contributed by atoms with van der Waals surface area (Å²) in [5, 5.41) is 32.5. The smallest absolute Gasteiger partial charge is 0.255 e. The fraction of sp³-hybridized carbons (Fsp3) is 0.519. The quantitative estimate of drug-likeness (QED) is 0.418. The van der Waals surface area contributed by atoms with Crippen molar-refractivity contribution in [3.05, 3.63) is 45.4 Å². The third-order valence-electron chi connectivity index (χ3n) is 8.02. The van der Waals surface area contributed by atoms with Gasteiger partial charge in [0, 0.05) is 29.2 Å². The monoisotopic (exact) mass is 498 g/mol. The molecule has 1 aromatic carbocycles. The zero-order chi connectivity index (χ0) is 26.5. The minimum absolute atomic E-state index is 0.00581. The van der Waals surface area contributed by atoms with Gasteiger partial charge in [0.25, 0.3) is 5.91 Å². The van der Waals surface area contributed by atoms with Crippen LogP contribution in [0.25, 0.3) is 0 Å². The highest BCUT2D eigenvalue weighted by Gasteiger charge is 2.50. The van der Waals surface area contributed by atoms with E-state index in [2.05, 4.69) is 11.8 Å². The van der Waals surface area contributed by atoms with Gasteiger partial charge in [-0.2, -0.15) is 0 Å². The molecule has 1 amide bonds. The average molecular weight is 499 g/mol. The average Bonchev–Trinajstić information content (AvgIpc) is 2.80. The molecule has 4 atom stereocenters. The molecule has 0 aromatic heterocycles. The Morgan fingerprint density at radius 3 is 2.50 bits per heavy atom. The minimum atomic E-state index is -1.13. The van der Waals surface area contributed by atoms with Crippen LogP contribution in [0.1, 0.15) is 67.1 Å². The molecule has 0 saturated heterocycles. The number of aliphatic hydroxyl groups excluding tert-OH is 2. The van der Waals surface area contributed by atoms with E-state index in [4.69, 9.17) is 10.5 Å². The summed E-state index contributed by atoms with van der Waals surface area (Å²) in [5.74, 6) is -4.86. The van der Waals surface area contributed by atoms with Crippen molar-refractivity contribution in [2.24, 2.45) is 23.5 Å². The standard InChI is InChI=1S/C27H34N2O7/c1-5-7-16(29(3)6-2)14-11-18(31)21-15(26(14)36-4)9-12-8-13-10-17(30)22(27(28)35)25(34)20(13)23(32)19(12)24(21)33/h11-13,16,20,30-32H,5-10H2,1-4H3,(H2,28,35). The molecule has 9 nitrogen and oxygen atoms in total. The number of phenolic OH excluding ortho intramolecular Hbond substituents is 1. The summed E-state index contributed by atoms with van der Waals surface area (Å²) in [6, 6.07) is 1.55. The van der Waals surface area contributed by atoms with Gasteiger partial charge in [-0.05, 0) is 50.8 Å². The van der Waals surface area contributed by atoms with Gasteiger partial charge < -0.3 is 25.8 Å². The number of benzene rings is 1. The normalized spacial score (nSPS) is 24.4. The largest absolute Gasteiger partial charge is 0.511 e. The number of carbonyl (C=O) groups is 3. The van der Waals surface area contributed by atoms with E-state index >= 15 is 0 Å². The van der Waals surface area contributed by atoms with E-state index in [1.54, 1.807) is 13.2 Å². The van der Waals surface area contributed by atoms with Crippen LogP contribution in [0.4, 0.5) is 0 Å². The molecule has 0 bridgehead atoms. The van der Waals surface area contributed by atoms with Crippen LogP contribution in [0.2, 0.25) is 0 Å². The molecule has 194 valence electrons. The highest BCUT2D eigenvalue weighted by Crippen LogP contribution is 2.52. The van der Waals surface area contributed by atoms with E-state index in [1.165, 1.54) is 0 Å². The fourth-order valence-corrected chi connectivity index (χ4v) is 6.31. The van der Waals surface area contributed by atoms with Crippen molar-refractivity contribution >= 4 is 17.5 Å². The molecule has 36 heavy (non-hydrogen) atoms. The van der Waals surface area contributed by atoms with E-state index in [9.17, 15) is 29.7 Å². The summed E-state index contributed by atoms with van der Waals surface area (Å²) in [6.45, 7) is 4.92. The number of ketones is 2. The number of hydrogen-bond acceptors (Lipinski definition) is 8. The molecule has 3 aliphatic carbocycles. The predicted molar refractivity (Wildman–Crippen MR) is 132 cm³/mol. The van der Waals surface area contributed by atoms with Gasteiger partial charge in [-0.25, -0.2) is 0 Å². The van der Waals surface area contributed by atoms with E-state index in [0.717, 1.165) is 24.9 Å². The van der Waals surface area contributed by atoms with Gasteiger partial charge in [0.2, 0.25) is 0 Å². The number of methoxy groups -OCH3 is 1. The summed E-state index contributed by atoms with van der Waals surface area (Å²) < 4.78 is 5.84. The molecule has 4 unspecified atom stereocenters. The number of hydrogen-bond donors (Lipinski definition) is 4. The molecule has 0 radical (unpaired) electrons. The molecule has 3 aliphatic rings. The van der Waals surface area contributed by atoms with Gasteiger partial charge in [0.1, 0.15) is 28.6 Å². The molecule has 0 aliphatic heterocycles. The Labute approximate surface area is 210 Å². The van der Waals surface area contributed by atoms with Crippen molar-refractivity contribution < 1.29 is 34.4 Å². The molecule has 0 saturated carbocycles. The minimum Gasteiger partial charge on any atom is -0.511 e. The highest BCUT2D eigenvalue weighted by molar-refractivity contribution is 6.22. The summed E-state index contributed by atoms with van der Waals surface area (Å²) in [5.41, 5.74) is 6.29. The summed E-state index contributed by atoms with van der Waals surface area (Å²) in [6.07, 6.45) is 2.43. The zero-order valence-corrected chi connectivity index (χ0v) is 21.1. The third-order valence-corrected chi connectivity index (χ3v) is 8.02. The van der Waals surface area contributed by atoms with Crippen LogP contribution in [0.15, 0.2) is 28.7 Å². The molecule has 9 heteroatoms. The Hall–Kier alpha value is -3.33. The molecule has 5 N–H and O–H groups in total. The van der Waals surface area contributed by atoms with Crippen LogP contribution in [-0.2, 0) is 16.0 Å². The topological polar surface area (TPSA) is 150 Å². The Morgan fingerprint density at radius 2 is 1.92 bits per heavy atom. The lowest BCUT2D eigenvalue weighted by atomic mass is 9.62. The van der Waals surface area contributed by atoms with Gasteiger partial charge in [0.05, 0.1) is 18.6 Å². The molecular weight excluding hydrogens is 464 g/mol. The predicted octanol–water partition coefficient (Wildman–Crippen LogP) is 3.27. The lowest BCUT2D eigenvalue weighted by Crippen LogP contribution is -2.43. The first-order valence-electron chi connectivity index (χ1n) is 12.4. The number of amides is 1. The SMILES string of the molecule is CCCC(c1cc(O)c2c(c1OC)CC1CC3CC(O)=C(C(N)=O)C(=O)C3C(O)=C1C2=O)N(C)CC. The molecular formula is C27H34N2O7. The second-order valence-electron chi connectivity index (χ2n) is 10.0. The molecule has 0 spiro atoms. The fourth-order valence-electron chi connectivity index (χ4n) is 6.31. The van der Waals surface area contributed by atoms with Crippen LogP contribution in [-0.4, -0.2) is 58.4 Å². The maximum Gasteiger partial charge on any atom is 0.255 e. The lowest BCUT2D eigenvalue weighted by molar-refractivity contribution is -0.126. The molecule has 4 rings (SSSR count). The number of carbonyl (C=O) groups excluding carboxylic acids is 3. The molecule has 1 aromatic rings.